The van der Waals surface area contributed by atoms with Crippen LogP contribution < -0.4 is 16.0 Å². The molecule has 0 saturated carbocycles. The van der Waals surface area contributed by atoms with E-state index in [1.54, 1.807) is 4.57 Å². The van der Waals surface area contributed by atoms with Crippen molar-refractivity contribution in [1.29, 1.82) is 0 Å². The molecule has 0 spiro atoms. The van der Waals surface area contributed by atoms with Crippen LogP contribution in [0.4, 0.5) is 0 Å². The number of hydrogen-bond donors (Lipinski definition) is 1. The number of ether oxygens (including phenoxy) is 1. The monoisotopic (exact) mass is 372 g/mol. The SMILES string of the molecule is CCn1c(=O)n(CCCO)c(=O)c2c1nc(OC)n2Cc1ccc(C)cc1. The Balaban J connectivity index is 2.27. The fraction of sp³-hybridized carbons (Fsp3) is 0.421. The zero-order valence-corrected chi connectivity index (χ0v) is 15.8. The number of methoxy groups -OCH3 is 1. The van der Waals surface area contributed by atoms with Crippen LogP contribution in [-0.4, -0.2) is 37.5 Å². The van der Waals surface area contributed by atoms with Crippen LogP contribution in [0, 0.1) is 6.92 Å². The molecule has 3 aromatic rings. The molecule has 2 aromatic heterocycles. The summed E-state index contributed by atoms with van der Waals surface area (Å²) in [7, 11) is 1.49. The van der Waals surface area contributed by atoms with Gasteiger partial charge in [-0.3, -0.25) is 18.5 Å². The summed E-state index contributed by atoms with van der Waals surface area (Å²) in [6.45, 7) is 4.67. The van der Waals surface area contributed by atoms with E-state index < -0.39 is 11.2 Å². The van der Waals surface area contributed by atoms with Gasteiger partial charge in [-0.05, 0) is 25.8 Å². The number of aliphatic hydroxyl groups is 1. The van der Waals surface area contributed by atoms with Gasteiger partial charge in [0.25, 0.3) is 11.6 Å². The highest BCUT2D eigenvalue weighted by Crippen LogP contribution is 2.20. The Morgan fingerprint density at radius 2 is 1.81 bits per heavy atom. The molecule has 3 rings (SSSR count). The summed E-state index contributed by atoms with van der Waals surface area (Å²) in [6.07, 6.45) is 0.327. The Bertz CT molecular complexity index is 1060. The Kier molecular flexibility index (Phi) is 5.46. The van der Waals surface area contributed by atoms with Gasteiger partial charge in [-0.25, -0.2) is 4.79 Å². The molecule has 0 aliphatic heterocycles. The van der Waals surface area contributed by atoms with Gasteiger partial charge in [-0.15, -0.1) is 0 Å². The van der Waals surface area contributed by atoms with E-state index in [-0.39, 0.29) is 19.2 Å². The van der Waals surface area contributed by atoms with Crippen molar-refractivity contribution >= 4 is 11.2 Å². The van der Waals surface area contributed by atoms with Gasteiger partial charge in [-0.2, -0.15) is 4.98 Å². The van der Waals surface area contributed by atoms with Gasteiger partial charge in [0.05, 0.1) is 13.7 Å². The molecule has 0 amide bonds. The summed E-state index contributed by atoms with van der Waals surface area (Å²) >= 11 is 0. The van der Waals surface area contributed by atoms with Crippen LogP contribution in [-0.2, 0) is 19.6 Å². The highest BCUT2D eigenvalue weighted by molar-refractivity contribution is 5.72. The quantitative estimate of drug-likeness (QED) is 0.671. The largest absolute Gasteiger partial charge is 0.468 e. The third kappa shape index (κ3) is 3.40. The first-order valence-corrected chi connectivity index (χ1v) is 8.96. The minimum Gasteiger partial charge on any atom is -0.468 e. The summed E-state index contributed by atoms with van der Waals surface area (Å²) in [5.41, 5.74) is 1.94. The second kappa shape index (κ2) is 7.79. The third-order valence-electron chi connectivity index (χ3n) is 4.58. The van der Waals surface area contributed by atoms with Crippen molar-refractivity contribution in [3.8, 4) is 6.01 Å². The van der Waals surface area contributed by atoms with E-state index in [4.69, 9.17) is 9.84 Å². The predicted molar refractivity (Wildman–Crippen MR) is 102 cm³/mol. The van der Waals surface area contributed by atoms with Gasteiger partial charge in [0.1, 0.15) is 0 Å². The number of nitrogens with zero attached hydrogens (tertiary/aromatic N) is 4. The van der Waals surface area contributed by atoms with Crippen LogP contribution in [0.1, 0.15) is 24.5 Å². The summed E-state index contributed by atoms with van der Waals surface area (Å²) in [4.78, 5) is 30.2. The molecule has 0 aliphatic rings. The van der Waals surface area contributed by atoms with Crippen molar-refractivity contribution in [1.82, 2.24) is 18.7 Å². The molecule has 144 valence electrons. The number of hydrogen-bond acceptors (Lipinski definition) is 5. The number of aryl methyl sites for hydroxylation is 2. The number of rotatable bonds is 7. The first kappa shape index (κ1) is 18.9. The molecule has 1 N–H and O–H groups in total. The van der Waals surface area contributed by atoms with Crippen molar-refractivity contribution in [2.45, 2.75) is 39.9 Å². The Hall–Kier alpha value is -2.87. The highest BCUT2D eigenvalue weighted by atomic mass is 16.5. The zero-order valence-electron chi connectivity index (χ0n) is 15.8. The summed E-state index contributed by atoms with van der Waals surface area (Å²) in [5.74, 6) is 0. The van der Waals surface area contributed by atoms with Crippen LogP contribution in [0.25, 0.3) is 11.2 Å². The van der Waals surface area contributed by atoms with E-state index in [0.29, 0.717) is 30.7 Å². The van der Waals surface area contributed by atoms with Gasteiger partial charge in [0, 0.05) is 19.7 Å². The van der Waals surface area contributed by atoms with E-state index in [9.17, 15) is 9.59 Å². The van der Waals surface area contributed by atoms with E-state index >= 15 is 0 Å². The topological polar surface area (TPSA) is 91.3 Å². The van der Waals surface area contributed by atoms with Crippen LogP contribution in [0.2, 0.25) is 0 Å². The van der Waals surface area contributed by atoms with Gasteiger partial charge >= 0.3 is 5.69 Å². The van der Waals surface area contributed by atoms with Crippen molar-refractivity contribution in [3.05, 3.63) is 56.2 Å². The lowest BCUT2D eigenvalue weighted by Gasteiger charge is -2.11. The summed E-state index contributed by atoms with van der Waals surface area (Å²) in [5, 5.41) is 9.10. The zero-order chi connectivity index (χ0) is 19.6. The average Bonchev–Trinajstić information content (AvgIpc) is 3.02. The molecule has 2 heterocycles. The first-order valence-electron chi connectivity index (χ1n) is 8.96. The van der Waals surface area contributed by atoms with Crippen molar-refractivity contribution in [2.75, 3.05) is 13.7 Å². The second-order valence-electron chi connectivity index (χ2n) is 6.40. The minimum atomic E-state index is -0.425. The van der Waals surface area contributed by atoms with Crippen molar-refractivity contribution < 1.29 is 9.84 Å². The Morgan fingerprint density at radius 1 is 1.11 bits per heavy atom. The Labute approximate surface area is 156 Å². The highest BCUT2D eigenvalue weighted by Gasteiger charge is 2.21. The molecule has 0 radical (unpaired) electrons. The number of fused-ring (bicyclic) bond motifs is 1. The second-order valence-corrected chi connectivity index (χ2v) is 6.40. The van der Waals surface area contributed by atoms with Gasteiger partial charge in [-0.1, -0.05) is 29.8 Å². The molecule has 0 atom stereocenters. The smallest absolute Gasteiger partial charge is 0.332 e. The molecule has 27 heavy (non-hydrogen) atoms. The lowest BCUT2D eigenvalue weighted by atomic mass is 10.1. The van der Waals surface area contributed by atoms with Crippen LogP contribution in [0.3, 0.4) is 0 Å². The standard InChI is InChI=1S/C19H24N4O4/c1-4-21-16-15(17(25)22(19(21)26)10-5-11-24)23(18(20-16)27-3)12-14-8-6-13(2)7-9-14/h6-9,24H,4-5,10-12H2,1-3H3. The van der Waals surface area contributed by atoms with E-state index in [1.807, 2.05) is 38.1 Å². The minimum absolute atomic E-state index is 0.0952. The normalized spacial score (nSPS) is 11.3. The molecule has 0 aliphatic carbocycles. The van der Waals surface area contributed by atoms with Crippen molar-refractivity contribution in [2.24, 2.45) is 0 Å². The predicted octanol–water partition coefficient (Wildman–Crippen LogP) is 1.13. The molecule has 8 heteroatoms. The number of aromatic nitrogens is 4. The molecule has 8 nitrogen and oxygen atoms in total. The van der Waals surface area contributed by atoms with Crippen LogP contribution in [0.15, 0.2) is 33.9 Å². The summed E-state index contributed by atoms with van der Waals surface area (Å²) in [6, 6.07) is 8.26. The maximum absolute atomic E-state index is 13.1. The number of benzene rings is 1. The van der Waals surface area contributed by atoms with Gasteiger partial charge in [0.15, 0.2) is 11.2 Å². The van der Waals surface area contributed by atoms with Gasteiger partial charge < -0.3 is 9.84 Å². The molecular weight excluding hydrogens is 348 g/mol. The summed E-state index contributed by atoms with van der Waals surface area (Å²) < 4.78 is 9.71. The first-order chi connectivity index (χ1) is 13.0. The molecule has 0 saturated heterocycles. The van der Waals surface area contributed by atoms with E-state index in [1.165, 1.54) is 11.7 Å². The maximum Gasteiger partial charge on any atom is 0.332 e. The maximum atomic E-state index is 13.1. The fourth-order valence-electron chi connectivity index (χ4n) is 3.16. The number of aliphatic hydroxyl groups excluding tert-OH is 1. The van der Waals surface area contributed by atoms with Gasteiger partial charge in [0.2, 0.25) is 0 Å². The molecule has 0 bridgehead atoms. The fourth-order valence-corrected chi connectivity index (χ4v) is 3.16. The van der Waals surface area contributed by atoms with Crippen LogP contribution >= 0.6 is 0 Å². The van der Waals surface area contributed by atoms with E-state index in [2.05, 4.69) is 4.98 Å². The lowest BCUT2D eigenvalue weighted by Crippen LogP contribution is -2.40. The lowest BCUT2D eigenvalue weighted by molar-refractivity contribution is 0.277. The Morgan fingerprint density at radius 3 is 2.41 bits per heavy atom. The number of imidazole rings is 1. The molecule has 1 aromatic carbocycles. The van der Waals surface area contributed by atoms with Crippen LogP contribution in [0.5, 0.6) is 6.01 Å². The molecular formula is C19H24N4O4. The third-order valence-corrected chi connectivity index (χ3v) is 4.58. The molecule has 0 fully saturated rings. The van der Waals surface area contributed by atoms with E-state index in [0.717, 1.165) is 15.7 Å². The average molecular weight is 372 g/mol. The molecule has 0 unspecified atom stereocenters. The van der Waals surface area contributed by atoms with Crippen molar-refractivity contribution in [3.63, 3.8) is 0 Å².